The molecule has 1 heterocycles. The van der Waals surface area contributed by atoms with Gasteiger partial charge in [-0.15, -0.1) is 0 Å². The Hall–Kier alpha value is -2.14. The molecule has 0 aliphatic carbocycles. The summed E-state index contributed by atoms with van der Waals surface area (Å²) in [7, 11) is 1.60. The molecule has 1 amide bonds. The maximum atomic E-state index is 12.1. The molecule has 0 saturated carbocycles. The topological polar surface area (TPSA) is 63.2 Å². The van der Waals surface area contributed by atoms with Crippen LogP contribution in [0.3, 0.4) is 0 Å². The van der Waals surface area contributed by atoms with Crippen molar-refractivity contribution in [2.45, 2.75) is 6.92 Å². The average Bonchev–Trinajstić information content (AvgIpc) is 2.47. The Morgan fingerprint density at radius 3 is 2.90 bits per heavy atom. The summed E-state index contributed by atoms with van der Waals surface area (Å²) in [6.07, 6.45) is 0. The fourth-order valence-corrected chi connectivity index (χ4v) is 1.99. The van der Waals surface area contributed by atoms with E-state index in [1.807, 2.05) is 31.2 Å². The number of anilines is 1. The predicted octanol–water partition coefficient (Wildman–Crippen LogP) is 2.04. The highest BCUT2D eigenvalue weighted by Gasteiger charge is 2.11. The number of ether oxygens (including phenoxy) is 1. The van der Waals surface area contributed by atoms with E-state index in [1.165, 1.54) is 0 Å². The molecule has 1 aromatic heterocycles. The summed E-state index contributed by atoms with van der Waals surface area (Å²) in [4.78, 5) is 16.5. The van der Waals surface area contributed by atoms with Crippen LogP contribution in [0.1, 0.15) is 17.4 Å². The molecule has 0 radical (unpaired) electrons. The fourth-order valence-electron chi connectivity index (χ4n) is 1.99. The Bertz CT molecular complexity index is 599. The number of hydrogen-bond donors (Lipinski definition) is 2. The van der Waals surface area contributed by atoms with Crippen LogP contribution in [0, 0.1) is 0 Å². The summed E-state index contributed by atoms with van der Waals surface area (Å²) < 4.78 is 4.91. The zero-order valence-corrected chi connectivity index (χ0v) is 11.8. The number of para-hydroxylation sites is 1. The van der Waals surface area contributed by atoms with Crippen LogP contribution in [0.15, 0.2) is 30.3 Å². The first-order valence-electron chi connectivity index (χ1n) is 6.67. The number of fused-ring (bicyclic) bond motifs is 1. The SMILES string of the molecule is CCNc1cc(C(=O)NCCOC)nc2ccccc12. The van der Waals surface area contributed by atoms with E-state index in [4.69, 9.17) is 4.74 Å². The van der Waals surface area contributed by atoms with Crippen LogP contribution < -0.4 is 10.6 Å². The monoisotopic (exact) mass is 273 g/mol. The Kier molecular flexibility index (Phi) is 4.90. The smallest absolute Gasteiger partial charge is 0.270 e. The van der Waals surface area contributed by atoms with E-state index in [1.54, 1.807) is 13.2 Å². The van der Waals surface area contributed by atoms with Crippen LogP contribution in [-0.2, 0) is 4.74 Å². The van der Waals surface area contributed by atoms with E-state index in [0.717, 1.165) is 23.1 Å². The lowest BCUT2D eigenvalue weighted by molar-refractivity contribution is 0.0932. The Morgan fingerprint density at radius 2 is 2.15 bits per heavy atom. The van der Waals surface area contributed by atoms with Crippen molar-refractivity contribution in [1.82, 2.24) is 10.3 Å². The second kappa shape index (κ2) is 6.86. The molecule has 2 rings (SSSR count). The van der Waals surface area contributed by atoms with Gasteiger partial charge in [0, 0.05) is 31.3 Å². The third kappa shape index (κ3) is 3.24. The number of rotatable bonds is 6. The van der Waals surface area contributed by atoms with E-state index in [-0.39, 0.29) is 5.91 Å². The van der Waals surface area contributed by atoms with Crippen LogP contribution in [0.25, 0.3) is 10.9 Å². The van der Waals surface area contributed by atoms with Gasteiger partial charge in [-0.3, -0.25) is 4.79 Å². The maximum Gasteiger partial charge on any atom is 0.270 e. The zero-order chi connectivity index (χ0) is 14.4. The minimum absolute atomic E-state index is 0.188. The minimum atomic E-state index is -0.188. The van der Waals surface area contributed by atoms with E-state index < -0.39 is 0 Å². The second-order valence-electron chi connectivity index (χ2n) is 4.35. The highest BCUT2D eigenvalue weighted by molar-refractivity contribution is 5.99. The zero-order valence-electron chi connectivity index (χ0n) is 11.8. The van der Waals surface area contributed by atoms with Gasteiger partial charge in [-0.2, -0.15) is 0 Å². The molecule has 0 unspecified atom stereocenters. The highest BCUT2D eigenvalue weighted by atomic mass is 16.5. The largest absolute Gasteiger partial charge is 0.385 e. The average molecular weight is 273 g/mol. The van der Waals surface area contributed by atoms with Gasteiger partial charge in [0.15, 0.2) is 0 Å². The number of amides is 1. The summed E-state index contributed by atoms with van der Waals surface area (Å²) in [5.41, 5.74) is 2.15. The number of nitrogens with one attached hydrogen (secondary N) is 2. The standard InChI is InChI=1S/C15H19N3O2/c1-3-16-13-10-14(15(19)17-8-9-20-2)18-12-7-5-4-6-11(12)13/h4-7,10H,3,8-9H2,1-2H3,(H,16,18)(H,17,19). The van der Waals surface area contributed by atoms with Gasteiger partial charge in [0.25, 0.3) is 5.91 Å². The molecule has 0 spiro atoms. The molecule has 0 aliphatic heterocycles. The summed E-state index contributed by atoms with van der Waals surface area (Å²) in [6.45, 7) is 3.77. The van der Waals surface area contributed by atoms with Crippen molar-refractivity contribution in [3.8, 4) is 0 Å². The van der Waals surface area contributed by atoms with Crippen molar-refractivity contribution in [2.75, 3.05) is 32.1 Å². The quantitative estimate of drug-likeness (QED) is 0.791. The van der Waals surface area contributed by atoms with Crippen LogP contribution in [0.5, 0.6) is 0 Å². The van der Waals surface area contributed by atoms with E-state index >= 15 is 0 Å². The summed E-state index contributed by atoms with van der Waals surface area (Å²) >= 11 is 0. The van der Waals surface area contributed by atoms with Crippen molar-refractivity contribution in [3.63, 3.8) is 0 Å². The number of pyridine rings is 1. The first kappa shape index (κ1) is 14.3. The summed E-state index contributed by atoms with van der Waals surface area (Å²) in [6, 6.07) is 9.56. The van der Waals surface area contributed by atoms with Crippen LogP contribution >= 0.6 is 0 Å². The first-order chi connectivity index (χ1) is 9.76. The molecular formula is C15H19N3O2. The summed E-state index contributed by atoms with van der Waals surface area (Å²) in [5, 5.41) is 7.06. The number of carbonyl (C=O) groups excluding carboxylic acids is 1. The molecule has 0 saturated heterocycles. The van der Waals surface area contributed by atoms with Gasteiger partial charge >= 0.3 is 0 Å². The lowest BCUT2D eigenvalue weighted by Crippen LogP contribution is -2.27. The number of benzene rings is 1. The molecule has 0 atom stereocenters. The molecule has 0 aliphatic rings. The van der Waals surface area contributed by atoms with Gasteiger partial charge in [-0.1, -0.05) is 18.2 Å². The minimum Gasteiger partial charge on any atom is -0.385 e. The number of aromatic nitrogens is 1. The van der Waals surface area contributed by atoms with Crippen molar-refractivity contribution < 1.29 is 9.53 Å². The molecule has 106 valence electrons. The van der Waals surface area contributed by atoms with Crippen LogP contribution in [-0.4, -0.2) is 37.7 Å². The van der Waals surface area contributed by atoms with Gasteiger partial charge in [-0.25, -0.2) is 4.98 Å². The van der Waals surface area contributed by atoms with Crippen molar-refractivity contribution in [2.24, 2.45) is 0 Å². The Balaban J connectivity index is 2.31. The molecule has 20 heavy (non-hydrogen) atoms. The molecule has 5 heteroatoms. The Labute approximate surface area is 118 Å². The first-order valence-corrected chi connectivity index (χ1v) is 6.67. The van der Waals surface area contributed by atoms with Crippen molar-refractivity contribution >= 4 is 22.5 Å². The Morgan fingerprint density at radius 1 is 1.35 bits per heavy atom. The second-order valence-corrected chi connectivity index (χ2v) is 4.35. The molecule has 0 bridgehead atoms. The molecule has 1 aromatic carbocycles. The van der Waals surface area contributed by atoms with Gasteiger partial charge in [0.1, 0.15) is 5.69 Å². The van der Waals surface area contributed by atoms with E-state index in [2.05, 4.69) is 15.6 Å². The van der Waals surface area contributed by atoms with Crippen molar-refractivity contribution in [3.05, 3.63) is 36.0 Å². The maximum absolute atomic E-state index is 12.1. The molecule has 2 aromatic rings. The molecule has 5 nitrogen and oxygen atoms in total. The third-order valence-electron chi connectivity index (χ3n) is 2.91. The number of hydrogen-bond acceptors (Lipinski definition) is 4. The normalized spacial score (nSPS) is 10.5. The van der Waals surface area contributed by atoms with E-state index in [9.17, 15) is 4.79 Å². The number of nitrogens with zero attached hydrogens (tertiary/aromatic N) is 1. The highest BCUT2D eigenvalue weighted by Crippen LogP contribution is 2.22. The fraction of sp³-hybridized carbons (Fsp3) is 0.333. The molecular weight excluding hydrogens is 254 g/mol. The van der Waals surface area contributed by atoms with Gasteiger partial charge in [-0.05, 0) is 19.1 Å². The third-order valence-corrected chi connectivity index (χ3v) is 2.91. The van der Waals surface area contributed by atoms with Gasteiger partial charge < -0.3 is 15.4 Å². The van der Waals surface area contributed by atoms with Gasteiger partial charge in [0.05, 0.1) is 12.1 Å². The number of methoxy groups -OCH3 is 1. The molecule has 2 N–H and O–H groups in total. The number of carbonyl (C=O) groups is 1. The van der Waals surface area contributed by atoms with Crippen LogP contribution in [0.4, 0.5) is 5.69 Å². The lowest BCUT2D eigenvalue weighted by Gasteiger charge is -2.10. The summed E-state index contributed by atoms with van der Waals surface area (Å²) in [5.74, 6) is -0.188. The van der Waals surface area contributed by atoms with Gasteiger partial charge in [0.2, 0.25) is 0 Å². The van der Waals surface area contributed by atoms with Crippen LogP contribution in [0.2, 0.25) is 0 Å². The van der Waals surface area contributed by atoms with Crippen molar-refractivity contribution in [1.29, 1.82) is 0 Å². The predicted molar refractivity (Wildman–Crippen MR) is 80.1 cm³/mol. The lowest BCUT2D eigenvalue weighted by atomic mass is 10.1. The molecule has 0 fully saturated rings. The van der Waals surface area contributed by atoms with E-state index in [0.29, 0.717) is 18.8 Å².